The standard InChI is InChI=1S/C19H14ClF4NO5/c1-8(26)15(27)17-18(28)25(2)13-4-3-10(7-14(13)30-17)29-16-11(20)5-9(6-12(16)21)19(22,23)24/h3-8,17,26H,1-2H3. The summed E-state index contributed by atoms with van der Waals surface area (Å²) in [7, 11) is 1.39. The molecule has 1 N–H and O–H groups in total. The van der Waals surface area contributed by atoms with Gasteiger partial charge >= 0.3 is 6.18 Å². The van der Waals surface area contributed by atoms with Crippen LogP contribution in [0.25, 0.3) is 0 Å². The SMILES string of the molecule is CC(O)C(=O)C1Oc2cc(Oc3c(F)cc(C(F)(F)F)cc3Cl)ccc2N(C)C1=O. The number of aliphatic hydroxyl groups is 1. The number of hydrogen-bond acceptors (Lipinski definition) is 5. The number of nitrogens with zero attached hydrogens (tertiary/aromatic N) is 1. The third-order valence-electron chi connectivity index (χ3n) is 4.31. The number of ketones is 1. The maximum absolute atomic E-state index is 14.2. The van der Waals surface area contributed by atoms with Crippen LogP contribution in [0.2, 0.25) is 5.02 Å². The molecule has 0 radical (unpaired) electrons. The molecule has 1 amide bonds. The summed E-state index contributed by atoms with van der Waals surface area (Å²) in [6.07, 6.45) is -7.83. The van der Waals surface area contributed by atoms with Crippen molar-refractivity contribution in [2.75, 3.05) is 11.9 Å². The largest absolute Gasteiger partial charge is 0.470 e. The highest BCUT2D eigenvalue weighted by molar-refractivity contribution is 6.32. The Bertz CT molecular complexity index is 1000. The second-order valence-corrected chi connectivity index (χ2v) is 6.88. The minimum absolute atomic E-state index is 0.0112. The zero-order valence-corrected chi connectivity index (χ0v) is 16.2. The molecular weight excluding hydrogens is 434 g/mol. The topological polar surface area (TPSA) is 76.1 Å². The van der Waals surface area contributed by atoms with Crippen LogP contribution in [-0.4, -0.2) is 36.1 Å². The monoisotopic (exact) mass is 447 g/mol. The first-order chi connectivity index (χ1) is 13.9. The van der Waals surface area contributed by atoms with Crippen LogP contribution < -0.4 is 14.4 Å². The van der Waals surface area contributed by atoms with Crippen LogP contribution in [0.4, 0.5) is 23.2 Å². The predicted molar refractivity (Wildman–Crippen MR) is 97.4 cm³/mol. The molecule has 0 saturated heterocycles. The Labute approximate surface area is 172 Å². The molecule has 0 aromatic heterocycles. The van der Waals surface area contributed by atoms with Gasteiger partial charge in [-0.1, -0.05) is 11.6 Å². The van der Waals surface area contributed by atoms with E-state index < -0.39 is 52.2 Å². The van der Waals surface area contributed by atoms with Crippen molar-refractivity contribution in [2.45, 2.75) is 25.3 Å². The zero-order valence-electron chi connectivity index (χ0n) is 15.5. The van der Waals surface area contributed by atoms with Gasteiger partial charge in [0, 0.05) is 13.1 Å². The quantitative estimate of drug-likeness (QED) is 0.567. The van der Waals surface area contributed by atoms with Crippen LogP contribution in [0, 0.1) is 5.82 Å². The van der Waals surface area contributed by atoms with Crippen LogP contribution in [0.1, 0.15) is 12.5 Å². The van der Waals surface area contributed by atoms with E-state index in [9.17, 15) is 32.3 Å². The van der Waals surface area contributed by atoms with Crippen molar-refractivity contribution in [1.29, 1.82) is 0 Å². The van der Waals surface area contributed by atoms with E-state index in [1.165, 1.54) is 32.2 Å². The highest BCUT2D eigenvalue weighted by Crippen LogP contribution is 2.41. The average Bonchev–Trinajstić information content (AvgIpc) is 2.65. The maximum Gasteiger partial charge on any atom is 0.416 e. The molecule has 1 aliphatic rings. The molecule has 6 nitrogen and oxygen atoms in total. The van der Waals surface area contributed by atoms with Gasteiger partial charge in [-0.25, -0.2) is 4.39 Å². The number of aliphatic hydroxyl groups excluding tert-OH is 1. The van der Waals surface area contributed by atoms with E-state index in [4.69, 9.17) is 21.1 Å². The Morgan fingerprint density at radius 2 is 1.97 bits per heavy atom. The van der Waals surface area contributed by atoms with Gasteiger partial charge in [-0.2, -0.15) is 13.2 Å². The Hall–Kier alpha value is -2.85. The number of Topliss-reactive ketones (excluding diaryl/α,β-unsaturated/α-hetero) is 1. The summed E-state index contributed by atoms with van der Waals surface area (Å²) in [6.45, 7) is 1.18. The number of halogens is 5. The van der Waals surface area contributed by atoms with Gasteiger partial charge in [-0.05, 0) is 31.2 Å². The van der Waals surface area contributed by atoms with Crippen molar-refractivity contribution >= 4 is 29.0 Å². The van der Waals surface area contributed by atoms with Crippen LogP contribution in [0.3, 0.4) is 0 Å². The zero-order chi connectivity index (χ0) is 22.4. The first-order valence-electron chi connectivity index (χ1n) is 8.44. The molecule has 0 spiro atoms. The first kappa shape index (κ1) is 21.8. The molecule has 0 saturated carbocycles. The van der Waals surface area contributed by atoms with E-state index in [1.807, 2.05) is 0 Å². The smallest absolute Gasteiger partial charge is 0.416 e. The third kappa shape index (κ3) is 4.05. The molecule has 3 rings (SSSR count). The number of alkyl halides is 3. The summed E-state index contributed by atoms with van der Waals surface area (Å²) in [4.78, 5) is 25.5. The molecule has 2 aromatic carbocycles. The average molecular weight is 448 g/mol. The lowest BCUT2D eigenvalue weighted by Gasteiger charge is -2.31. The number of carbonyl (C=O) groups is 2. The highest BCUT2D eigenvalue weighted by Gasteiger charge is 2.39. The Morgan fingerprint density at radius 1 is 1.30 bits per heavy atom. The molecular formula is C19H14ClF4NO5. The number of amides is 1. The number of anilines is 1. The van der Waals surface area contributed by atoms with Gasteiger partial charge in [0.2, 0.25) is 11.9 Å². The van der Waals surface area contributed by atoms with E-state index in [0.717, 1.165) is 4.90 Å². The minimum Gasteiger partial charge on any atom is -0.470 e. The number of rotatable bonds is 4. The molecule has 1 heterocycles. The van der Waals surface area contributed by atoms with E-state index in [1.54, 1.807) is 0 Å². The Kier molecular flexibility index (Phi) is 5.66. The molecule has 0 aliphatic carbocycles. The summed E-state index contributed by atoms with van der Waals surface area (Å²) in [5, 5.41) is 8.85. The van der Waals surface area contributed by atoms with E-state index in [2.05, 4.69) is 0 Å². The van der Waals surface area contributed by atoms with E-state index >= 15 is 0 Å². The van der Waals surface area contributed by atoms with Gasteiger partial charge in [0.1, 0.15) is 17.6 Å². The summed E-state index contributed by atoms with van der Waals surface area (Å²) in [5.74, 6) is -3.58. The van der Waals surface area contributed by atoms with Gasteiger partial charge in [-0.15, -0.1) is 0 Å². The lowest BCUT2D eigenvalue weighted by atomic mass is 10.1. The fourth-order valence-corrected chi connectivity index (χ4v) is 2.99. The third-order valence-corrected chi connectivity index (χ3v) is 4.59. The molecule has 0 bridgehead atoms. The normalized spacial score (nSPS) is 17.3. The number of fused-ring (bicyclic) bond motifs is 1. The van der Waals surface area contributed by atoms with E-state index in [-0.39, 0.29) is 23.3 Å². The molecule has 2 unspecified atom stereocenters. The van der Waals surface area contributed by atoms with Crippen LogP contribution in [0.5, 0.6) is 17.2 Å². The Morgan fingerprint density at radius 3 is 2.53 bits per heavy atom. The number of likely N-dealkylation sites (N-methyl/N-ethyl adjacent to an activating group) is 1. The van der Waals surface area contributed by atoms with E-state index in [0.29, 0.717) is 6.07 Å². The van der Waals surface area contributed by atoms with Gasteiger partial charge in [0.05, 0.1) is 16.3 Å². The highest BCUT2D eigenvalue weighted by atomic mass is 35.5. The van der Waals surface area contributed by atoms with Crippen molar-refractivity contribution < 1.29 is 41.7 Å². The minimum atomic E-state index is -4.79. The summed E-state index contributed by atoms with van der Waals surface area (Å²) < 4.78 is 63.1. The molecule has 0 fully saturated rings. The van der Waals surface area contributed by atoms with Gasteiger partial charge < -0.3 is 19.5 Å². The summed E-state index contributed by atoms with van der Waals surface area (Å²) in [5.41, 5.74) is -1.01. The fourth-order valence-electron chi connectivity index (χ4n) is 2.74. The van der Waals surface area contributed by atoms with Crippen molar-refractivity contribution in [2.24, 2.45) is 0 Å². The first-order valence-corrected chi connectivity index (χ1v) is 8.82. The molecule has 30 heavy (non-hydrogen) atoms. The number of ether oxygens (including phenoxy) is 2. The lowest BCUT2D eigenvalue weighted by molar-refractivity contribution is -0.142. The van der Waals surface area contributed by atoms with Crippen molar-refractivity contribution in [3.8, 4) is 17.2 Å². The van der Waals surface area contributed by atoms with Crippen LogP contribution >= 0.6 is 11.6 Å². The van der Waals surface area contributed by atoms with Crippen molar-refractivity contribution in [3.05, 3.63) is 46.7 Å². The van der Waals surface area contributed by atoms with Gasteiger partial charge in [0.25, 0.3) is 5.91 Å². The second-order valence-electron chi connectivity index (χ2n) is 6.47. The molecule has 2 aromatic rings. The number of carbonyl (C=O) groups excluding carboxylic acids is 2. The molecule has 2 atom stereocenters. The van der Waals surface area contributed by atoms with Gasteiger partial charge in [-0.3, -0.25) is 9.59 Å². The fraction of sp³-hybridized carbons (Fsp3) is 0.263. The van der Waals surface area contributed by atoms with Crippen LogP contribution in [-0.2, 0) is 15.8 Å². The van der Waals surface area contributed by atoms with Crippen LogP contribution in [0.15, 0.2) is 30.3 Å². The lowest BCUT2D eigenvalue weighted by Crippen LogP contribution is -2.50. The molecule has 160 valence electrons. The maximum atomic E-state index is 14.2. The number of benzene rings is 2. The molecule has 1 aliphatic heterocycles. The van der Waals surface area contributed by atoms with Crippen molar-refractivity contribution in [3.63, 3.8) is 0 Å². The summed E-state index contributed by atoms with van der Waals surface area (Å²) >= 11 is 5.75. The number of hydrogen-bond donors (Lipinski definition) is 1. The Balaban J connectivity index is 1.94. The second kappa shape index (κ2) is 7.77. The molecule has 11 heteroatoms. The summed E-state index contributed by atoms with van der Waals surface area (Å²) in [6, 6.07) is 4.68. The van der Waals surface area contributed by atoms with Gasteiger partial charge in [0.15, 0.2) is 11.6 Å². The predicted octanol–water partition coefficient (Wildman–Crippen LogP) is 3.96. The van der Waals surface area contributed by atoms with Crippen molar-refractivity contribution in [1.82, 2.24) is 0 Å².